The van der Waals surface area contributed by atoms with Crippen LogP contribution in [0, 0.1) is 6.92 Å². The van der Waals surface area contributed by atoms with Gasteiger partial charge in [0, 0.05) is 0 Å². The fourth-order valence-electron chi connectivity index (χ4n) is 1.81. The lowest BCUT2D eigenvalue weighted by Crippen LogP contribution is -2.43. The number of amides is 1. The molecule has 0 saturated carbocycles. The fraction of sp³-hybridized carbons (Fsp3) is 0.545. The highest BCUT2D eigenvalue weighted by Gasteiger charge is 2.20. The van der Waals surface area contributed by atoms with Crippen LogP contribution >= 0.6 is 0 Å². The first-order valence-corrected chi connectivity index (χ1v) is 5.58. The Morgan fingerprint density at radius 3 is 3.12 bits per heavy atom. The van der Waals surface area contributed by atoms with Crippen LogP contribution in [0.15, 0.2) is 12.5 Å². The maximum absolute atomic E-state index is 11.9. The lowest BCUT2D eigenvalue weighted by Gasteiger charge is -2.22. The monoisotopic (exact) mass is 220 g/mol. The second-order valence-corrected chi connectivity index (χ2v) is 4.01. The Hall–Kier alpha value is -1.49. The van der Waals surface area contributed by atoms with Crippen molar-refractivity contribution in [3.8, 4) is 0 Å². The molecule has 2 N–H and O–H groups in total. The fourth-order valence-corrected chi connectivity index (χ4v) is 1.81. The van der Waals surface area contributed by atoms with E-state index in [-0.39, 0.29) is 11.9 Å². The smallest absolute Gasteiger partial charge is 0.241 e. The number of carbonyl (C=O) groups is 1. The zero-order chi connectivity index (χ0) is 11.4. The van der Waals surface area contributed by atoms with E-state index in [0.29, 0.717) is 5.69 Å². The van der Waals surface area contributed by atoms with Gasteiger partial charge >= 0.3 is 0 Å². The highest BCUT2D eigenvalue weighted by atomic mass is 16.2. The van der Waals surface area contributed by atoms with Gasteiger partial charge in [-0.15, -0.1) is 0 Å². The summed E-state index contributed by atoms with van der Waals surface area (Å²) in [6.07, 6.45) is 6.26. The maximum atomic E-state index is 11.9. The van der Waals surface area contributed by atoms with Crippen molar-refractivity contribution in [2.24, 2.45) is 0 Å². The van der Waals surface area contributed by atoms with Gasteiger partial charge in [0.2, 0.25) is 5.91 Å². The van der Waals surface area contributed by atoms with Gasteiger partial charge in [-0.2, -0.15) is 0 Å². The first-order chi connectivity index (χ1) is 7.77. The number of hydrogen-bond acceptors (Lipinski definition) is 4. The van der Waals surface area contributed by atoms with Crippen molar-refractivity contribution in [1.82, 2.24) is 15.3 Å². The topological polar surface area (TPSA) is 66.9 Å². The highest BCUT2D eigenvalue weighted by molar-refractivity contribution is 5.95. The summed E-state index contributed by atoms with van der Waals surface area (Å²) in [5.41, 5.74) is 1.49. The molecule has 0 spiro atoms. The standard InChI is InChI=1S/C11H16N4O/c1-8-10(6-12-7-14-8)15-11(16)9-4-2-3-5-13-9/h6-7,9,13H,2-5H2,1H3,(H,15,16). The minimum atomic E-state index is -0.0756. The third kappa shape index (κ3) is 2.55. The summed E-state index contributed by atoms with van der Waals surface area (Å²) in [6, 6.07) is -0.0756. The summed E-state index contributed by atoms with van der Waals surface area (Å²) in [6.45, 7) is 2.77. The van der Waals surface area contributed by atoms with E-state index in [0.717, 1.165) is 31.5 Å². The number of nitrogens with one attached hydrogen (secondary N) is 2. The molecule has 2 heterocycles. The lowest BCUT2D eigenvalue weighted by atomic mass is 10.0. The van der Waals surface area contributed by atoms with Crippen LogP contribution in [-0.4, -0.2) is 28.5 Å². The first kappa shape index (κ1) is 11.0. The Bertz CT molecular complexity index is 374. The molecule has 0 aromatic carbocycles. The molecule has 5 heteroatoms. The summed E-state index contributed by atoms with van der Waals surface area (Å²) < 4.78 is 0. The second kappa shape index (κ2) is 5.03. The lowest BCUT2D eigenvalue weighted by molar-refractivity contribution is -0.118. The number of aryl methyl sites for hydroxylation is 1. The predicted molar refractivity (Wildman–Crippen MR) is 61.0 cm³/mol. The number of hydrogen-bond donors (Lipinski definition) is 2. The Balaban J connectivity index is 1.99. The van der Waals surface area contributed by atoms with E-state index < -0.39 is 0 Å². The van der Waals surface area contributed by atoms with Crippen molar-refractivity contribution in [1.29, 1.82) is 0 Å². The zero-order valence-electron chi connectivity index (χ0n) is 9.36. The number of nitrogens with zero attached hydrogens (tertiary/aromatic N) is 2. The third-order valence-corrected chi connectivity index (χ3v) is 2.80. The van der Waals surface area contributed by atoms with E-state index in [2.05, 4.69) is 20.6 Å². The Labute approximate surface area is 94.7 Å². The van der Waals surface area contributed by atoms with Gasteiger partial charge in [0.15, 0.2) is 0 Å². The van der Waals surface area contributed by atoms with Gasteiger partial charge < -0.3 is 10.6 Å². The minimum Gasteiger partial charge on any atom is -0.322 e. The number of carbonyl (C=O) groups excluding carboxylic acids is 1. The Morgan fingerprint density at radius 2 is 2.44 bits per heavy atom. The predicted octanol–water partition coefficient (Wildman–Crippen LogP) is 0.866. The maximum Gasteiger partial charge on any atom is 0.241 e. The number of piperidine rings is 1. The van der Waals surface area contributed by atoms with Crippen molar-refractivity contribution in [2.45, 2.75) is 32.2 Å². The van der Waals surface area contributed by atoms with E-state index in [1.807, 2.05) is 6.92 Å². The quantitative estimate of drug-likeness (QED) is 0.776. The largest absolute Gasteiger partial charge is 0.322 e. The van der Waals surface area contributed by atoms with Crippen molar-refractivity contribution in [3.63, 3.8) is 0 Å². The first-order valence-electron chi connectivity index (χ1n) is 5.58. The number of anilines is 1. The van der Waals surface area contributed by atoms with Gasteiger partial charge in [0.05, 0.1) is 23.6 Å². The summed E-state index contributed by atoms with van der Waals surface area (Å²) >= 11 is 0. The molecule has 1 atom stereocenters. The van der Waals surface area contributed by atoms with Gasteiger partial charge in [-0.25, -0.2) is 9.97 Å². The van der Waals surface area contributed by atoms with Gasteiger partial charge in [-0.1, -0.05) is 6.42 Å². The van der Waals surface area contributed by atoms with E-state index in [9.17, 15) is 4.79 Å². The van der Waals surface area contributed by atoms with Crippen LogP contribution in [0.4, 0.5) is 5.69 Å². The molecule has 1 aromatic rings. The molecule has 0 radical (unpaired) electrons. The molecule has 1 aliphatic heterocycles. The van der Waals surface area contributed by atoms with Crippen LogP contribution in [-0.2, 0) is 4.79 Å². The summed E-state index contributed by atoms with van der Waals surface area (Å²) in [5.74, 6) is 0.0117. The average Bonchev–Trinajstić information content (AvgIpc) is 2.33. The van der Waals surface area contributed by atoms with Gasteiger partial charge in [0.25, 0.3) is 0 Å². The molecule has 1 amide bonds. The Kier molecular flexibility index (Phi) is 3.46. The molecule has 5 nitrogen and oxygen atoms in total. The van der Waals surface area contributed by atoms with Crippen LogP contribution in [0.1, 0.15) is 25.0 Å². The molecular weight excluding hydrogens is 204 g/mol. The average molecular weight is 220 g/mol. The third-order valence-electron chi connectivity index (χ3n) is 2.80. The van der Waals surface area contributed by atoms with E-state index in [1.54, 1.807) is 6.20 Å². The summed E-state index contributed by atoms with van der Waals surface area (Å²) in [4.78, 5) is 19.8. The molecule has 1 aromatic heterocycles. The normalized spacial score (nSPS) is 20.4. The molecule has 2 rings (SSSR count). The number of rotatable bonds is 2. The van der Waals surface area contributed by atoms with E-state index >= 15 is 0 Å². The van der Waals surface area contributed by atoms with Crippen molar-refractivity contribution in [3.05, 3.63) is 18.2 Å². The zero-order valence-corrected chi connectivity index (χ0v) is 9.36. The van der Waals surface area contributed by atoms with Gasteiger partial charge in [-0.3, -0.25) is 4.79 Å². The van der Waals surface area contributed by atoms with Crippen LogP contribution in [0.3, 0.4) is 0 Å². The van der Waals surface area contributed by atoms with Crippen molar-refractivity contribution >= 4 is 11.6 Å². The molecule has 86 valence electrons. The molecule has 1 saturated heterocycles. The second-order valence-electron chi connectivity index (χ2n) is 4.01. The minimum absolute atomic E-state index is 0.0117. The van der Waals surface area contributed by atoms with Crippen LogP contribution < -0.4 is 10.6 Å². The summed E-state index contributed by atoms with van der Waals surface area (Å²) in [5, 5.41) is 6.06. The summed E-state index contributed by atoms with van der Waals surface area (Å²) in [7, 11) is 0. The van der Waals surface area contributed by atoms with Crippen LogP contribution in [0.25, 0.3) is 0 Å². The van der Waals surface area contributed by atoms with Gasteiger partial charge in [0.1, 0.15) is 6.33 Å². The Morgan fingerprint density at radius 1 is 1.56 bits per heavy atom. The highest BCUT2D eigenvalue weighted by Crippen LogP contribution is 2.12. The van der Waals surface area contributed by atoms with E-state index in [1.165, 1.54) is 6.33 Å². The number of aromatic nitrogens is 2. The molecule has 0 aliphatic carbocycles. The molecular formula is C11H16N4O. The van der Waals surface area contributed by atoms with Crippen LogP contribution in [0.2, 0.25) is 0 Å². The molecule has 0 bridgehead atoms. The van der Waals surface area contributed by atoms with Crippen LogP contribution in [0.5, 0.6) is 0 Å². The molecule has 1 aliphatic rings. The van der Waals surface area contributed by atoms with Crippen molar-refractivity contribution in [2.75, 3.05) is 11.9 Å². The SMILES string of the molecule is Cc1ncncc1NC(=O)C1CCCCN1. The molecule has 16 heavy (non-hydrogen) atoms. The van der Waals surface area contributed by atoms with Gasteiger partial charge in [-0.05, 0) is 26.3 Å². The molecule has 1 unspecified atom stereocenters. The molecule has 1 fully saturated rings. The van der Waals surface area contributed by atoms with Crippen molar-refractivity contribution < 1.29 is 4.79 Å². The van der Waals surface area contributed by atoms with E-state index in [4.69, 9.17) is 0 Å².